The van der Waals surface area contributed by atoms with Gasteiger partial charge >= 0.3 is 0 Å². The lowest BCUT2D eigenvalue weighted by atomic mass is 9.84. The summed E-state index contributed by atoms with van der Waals surface area (Å²) in [5, 5.41) is 3.80. The van der Waals surface area contributed by atoms with Crippen LogP contribution in [0.3, 0.4) is 0 Å². The van der Waals surface area contributed by atoms with Gasteiger partial charge in [-0.25, -0.2) is 0 Å². The first-order valence-corrected chi connectivity index (χ1v) is 8.61. The summed E-state index contributed by atoms with van der Waals surface area (Å²) in [6, 6.07) is 0.505. The van der Waals surface area contributed by atoms with Gasteiger partial charge in [-0.1, -0.05) is 20.8 Å². The van der Waals surface area contributed by atoms with Crippen LogP contribution in [0, 0.1) is 40.5 Å². The van der Waals surface area contributed by atoms with Gasteiger partial charge in [-0.2, -0.15) is 0 Å². The maximum Gasteiger partial charge on any atom is 0.0325 e. The fourth-order valence-electron chi connectivity index (χ4n) is 3.22. The number of hydrogen-bond acceptors (Lipinski definition) is 1. The van der Waals surface area contributed by atoms with Gasteiger partial charge in [0, 0.05) is 6.04 Å². The normalized spacial score (nSPS) is 13.0. The van der Waals surface area contributed by atoms with Crippen LogP contribution in [0.4, 0.5) is 0 Å². The second-order valence-corrected chi connectivity index (χ2v) is 7.02. The lowest BCUT2D eigenvalue weighted by Crippen LogP contribution is -2.25. The van der Waals surface area contributed by atoms with Gasteiger partial charge in [-0.05, 0) is 99.7 Å². The van der Waals surface area contributed by atoms with Gasteiger partial charge in [0.25, 0.3) is 0 Å². The van der Waals surface area contributed by atoms with Crippen LogP contribution in [-0.2, 0) is 0 Å². The molecular weight excluding hydrogens is 254 g/mol. The molecule has 0 amide bonds. The minimum absolute atomic E-state index is 0.505. The number of nitrogens with one attached hydrogen (secondary N) is 1. The SMILES string of the molecule is CCCNC(CCC(C)C)c1c(C)c(C)c(C)c(C)c1C. The fraction of sp³-hybridized carbons (Fsp3) is 0.700. The monoisotopic (exact) mass is 289 g/mol. The highest BCUT2D eigenvalue weighted by Crippen LogP contribution is 2.33. The Labute approximate surface area is 132 Å². The van der Waals surface area contributed by atoms with Crippen molar-refractivity contribution >= 4 is 0 Å². The van der Waals surface area contributed by atoms with Crippen molar-refractivity contribution in [3.8, 4) is 0 Å². The molecule has 0 saturated heterocycles. The Morgan fingerprint density at radius 1 is 0.762 bits per heavy atom. The van der Waals surface area contributed by atoms with Crippen LogP contribution in [-0.4, -0.2) is 6.54 Å². The summed E-state index contributed by atoms with van der Waals surface area (Å²) in [6.45, 7) is 19.4. The molecule has 0 heterocycles. The van der Waals surface area contributed by atoms with E-state index in [2.05, 4.69) is 60.7 Å². The van der Waals surface area contributed by atoms with Crippen LogP contribution in [0.5, 0.6) is 0 Å². The summed E-state index contributed by atoms with van der Waals surface area (Å²) >= 11 is 0. The molecule has 1 heteroatoms. The fourth-order valence-corrected chi connectivity index (χ4v) is 3.22. The van der Waals surface area contributed by atoms with E-state index in [0.717, 1.165) is 12.5 Å². The molecule has 0 radical (unpaired) electrons. The van der Waals surface area contributed by atoms with Crippen molar-refractivity contribution in [2.24, 2.45) is 5.92 Å². The molecular formula is C20H35N. The average Bonchev–Trinajstić information content (AvgIpc) is 2.45. The maximum absolute atomic E-state index is 3.80. The standard InChI is InChI=1S/C20H35N/c1-9-12-21-19(11-10-13(2)3)20-17(7)15(5)14(4)16(6)18(20)8/h13,19,21H,9-12H2,1-8H3. The first-order valence-electron chi connectivity index (χ1n) is 8.61. The van der Waals surface area contributed by atoms with Crippen LogP contribution in [0.15, 0.2) is 0 Å². The molecule has 1 atom stereocenters. The minimum Gasteiger partial charge on any atom is -0.310 e. The van der Waals surface area contributed by atoms with E-state index in [0.29, 0.717) is 6.04 Å². The molecule has 1 rings (SSSR count). The molecule has 1 aromatic carbocycles. The third-order valence-electron chi connectivity index (χ3n) is 5.08. The summed E-state index contributed by atoms with van der Waals surface area (Å²) in [5.74, 6) is 0.768. The van der Waals surface area contributed by atoms with Crippen LogP contribution >= 0.6 is 0 Å². The summed E-state index contributed by atoms with van der Waals surface area (Å²) in [6.07, 6.45) is 3.72. The highest BCUT2D eigenvalue weighted by molar-refractivity contribution is 5.50. The van der Waals surface area contributed by atoms with E-state index in [9.17, 15) is 0 Å². The van der Waals surface area contributed by atoms with Gasteiger partial charge in [0.05, 0.1) is 0 Å². The molecule has 0 bridgehead atoms. The third-order valence-corrected chi connectivity index (χ3v) is 5.08. The molecule has 1 nitrogen and oxygen atoms in total. The molecule has 0 aliphatic carbocycles. The average molecular weight is 290 g/mol. The minimum atomic E-state index is 0.505. The van der Waals surface area contributed by atoms with Crippen LogP contribution < -0.4 is 5.32 Å². The molecule has 0 aromatic heterocycles. The molecule has 1 N–H and O–H groups in total. The predicted octanol–water partition coefficient (Wildman–Crippen LogP) is 5.71. The molecule has 0 spiro atoms. The number of benzene rings is 1. The summed E-state index contributed by atoms with van der Waals surface area (Å²) < 4.78 is 0. The van der Waals surface area contributed by atoms with E-state index in [1.54, 1.807) is 5.56 Å². The molecule has 0 saturated carbocycles. The topological polar surface area (TPSA) is 12.0 Å². The Bertz CT molecular complexity index is 442. The zero-order valence-corrected chi connectivity index (χ0v) is 15.5. The van der Waals surface area contributed by atoms with Crippen molar-refractivity contribution in [3.63, 3.8) is 0 Å². The molecule has 120 valence electrons. The van der Waals surface area contributed by atoms with Gasteiger partial charge in [-0.15, -0.1) is 0 Å². The third kappa shape index (κ3) is 4.32. The van der Waals surface area contributed by atoms with E-state index < -0.39 is 0 Å². The van der Waals surface area contributed by atoms with Crippen molar-refractivity contribution in [2.75, 3.05) is 6.54 Å². The highest BCUT2D eigenvalue weighted by atomic mass is 14.9. The molecule has 21 heavy (non-hydrogen) atoms. The van der Waals surface area contributed by atoms with E-state index >= 15 is 0 Å². The van der Waals surface area contributed by atoms with Crippen LogP contribution in [0.1, 0.15) is 79.5 Å². The Hall–Kier alpha value is -0.820. The van der Waals surface area contributed by atoms with E-state index in [-0.39, 0.29) is 0 Å². The van der Waals surface area contributed by atoms with Crippen molar-refractivity contribution in [3.05, 3.63) is 33.4 Å². The van der Waals surface area contributed by atoms with E-state index in [1.165, 1.54) is 47.1 Å². The maximum atomic E-state index is 3.80. The van der Waals surface area contributed by atoms with Crippen LogP contribution in [0.25, 0.3) is 0 Å². The second kappa shape index (κ2) is 7.98. The second-order valence-electron chi connectivity index (χ2n) is 7.02. The number of hydrogen-bond donors (Lipinski definition) is 1. The van der Waals surface area contributed by atoms with Crippen molar-refractivity contribution in [1.82, 2.24) is 5.32 Å². The molecule has 1 aromatic rings. The quantitative estimate of drug-likeness (QED) is 0.678. The lowest BCUT2D eigenvalue weighted by molar-refractivity contribution is 0.438. The Balaban J connectivity index is 3.22. The zero-order valence-electron chi connectivity index (χ0n) is 15.5. The Kier molecular flexibility index (Phi) is 6.93. The molecule has 0 fully saturated rings. The number of rotatable bonds is 7. The lowest BCUT2D eigenvalue weighted by Gasteiger charge is -2.27. The zero-order chi connectivity index (χ0) is 16.2. The van der Waals surface area contributed by atoms with Crippen molar-refractivity contribution in [1.29, 1.82) is 0 Å². The van der Waals surface area contributed by atoms with Crippen molar-refractivity contribution < 1.29 is 0 Å². The van der Waals surface area contributed by atoms with Gasteiger partial charge in [0.2, 0.25) is 0 Å². The van der Waals surface area contributed by atoms with Gasteiger partial charge in [0.15, 0.2) is 0 Å². The Morgan fingerprint density at radius 2 is 1.24 bits per heavy atom. The predicted molar refractivity (Wildman–Crippen MR) is 95.2 cm³/mol. The van der Waals surface area contributed by atoms with E-state index in [1.807, 2.05) is 0 Å². The molecule has 1 unspecified atom stereocenters. The van der Waals surface area contributed by atoms with Crippen molar-refractivity contribution in [2.45, 2.75) is 80.7 Å². The highest BCUT2D eigenvalue weighted by Gasteiger charge is 2.20. The van der Waals surface area contributed by atoms with Gasteiger partial charge < -0.3 is 5.32 Å². The summed E-state index contributed by atoms with van der Waals surface area (Å²) in [4.78, 5) is 0. The van der Waals surface area contributed by atoms with Crippen LogP contribution in [0.2, 0.25) is 0 Å². The first kappa shape index (κ1) is 18.2. The Morgan fingerprint density at radius 3 is 1.67 bits per heavy atom. The van der Waals surface area contributed by atoms with Gasteiger partial charge in [0.1, 0.15) is 0 Å². The molecule has 0 aliphatic rings. The first-order chi connectivity index (χ1) is 9.81. The largest absolute Gasteiger partial charge is 0.310 e. The van der Waals surface area contributed by atoms with Gasteiger partial charge in [-0.3, -0.25) is 0 Å². The summed E-state index contributed by atoms with van der Waals surface area (Å²) in [7, 11) is 0. The smallest absolute Gasteiger partial charge is 0.0325 e. The summed E-state index contributed by atoms with van der Waals surface area (Å²) in [5.41, 5.74) is 8.96. The molecule has 0 aliphatic heterocycles. The van der Waals surface area contributed by atoms with E-state index in [4.69, 9.17) is 0 Å².